The van der Waals surface area contributed by atoms with Gasteiger partial charge in [-0.05, 0) is 89.2 Å². The van der Waals surface area contributed by atoms with E-state index in [4.69, 9.17) is 4.98 Å². The normalized spacial score (nSPS) is 13.1. The minimum atomic E-state index is 0.255. The van der Waals surface area contributed by atoms with Crippen LogP contribution in [0, 0.1) is 19.3 Å². The molecule has 0 bridgehead atoms. The van der Waals surface area contributed by atoms with E-state index in [0.29, 0.717) is 5.92 Å². The average molecular weight is 449 g/mol. The van der Waals surface area contributed by atoms with Gasteiger partial charge in [0, 0.05) is 10.8 Å². The number of rotatable bonds is 2. The van der Waals surface area contributed by atoms with Gasteiger partial charge >= 0.3 is 0 Å². The largest absolute Gasteiger partial charge is 0.308 e. The van der Waals surface area contributed by atoms with E-state index >= 15 is 0 Å². The maximum atomic E-state index is 4.88. The van der Waals surface area contributed by atoms with Crippen LogP contribution in [0.4, 0.5) is 0 Å². The number of hydrogen-bond donors (Lipinski definition) is 0. The Morgan fingerprint density at radius 2 is 1.71 bits per heavy atom. The topological polar surface area (TPSA) is 21.2 Å². The molecule has 6 aromatic rings. The van der Waals surface area contributed by atoms with E-state index in [0.717, 1.165) is 11.9 Å². The van der Waals surface area contributed by atoms with Crippen molar-refractivity contribution in [1.29, 1.82) is 0 Å². The van der Waals surface area contributed by atoms with E-state index in [1.807, 2.05) is 6.33 Å². The van der Waals surface area contributed by atoms with Crippen LogP contribution in [0.25, 0.3) is 49.1 Å². The minimum absolute atomic E-state index is 0.255. The maximum absolute atomic E-state index is 4.88. The molecule has 3 aromatic heterocycles. The molecule has 0 spiro atoms. The second-order valence-electron chi connectivity index (χ2n) is 11.8. The van der Waals surface area contributed by atoms with Gasteiger partial charge in [-0.3, -0.25) is 0 Å². The zero-order valence-electron chi connectivity index (χ0n) is 21.7. The van der Waals surface area contributed by atoms with Crippen LogP contribution in [-0.2, 0) is 13.5 Å². The first-order valence-electron chi connectivity index (χ1n) is 12.5. The van der Waals surface area contributed by atoms with Crippen molar-refractivity contribution in [3.05, 3.63) is 65.0 Å². The lowest BCUT2D eigenvalue weighted by molar-refractivity contribution is -0.646. The molecule has 3 heteroatoms. The van der Waals surface area contributed by atoms with Crippen molar-refractivity contribution in [3.63, 3.8) is 0 Å². The average Bonchev–Trinajstić information content (AvgIpc) is 3.07. The van der Waals surface area contributed by atoms with Crippen LogP contribution >= 0.6 is 0 Å². The summed E-state index contributed by atoms with van der Waals surface area (Å²) in [5.41, 5.74) is 11.9. The summed E-state index contributed by atoms with van der Waals surface area (Å²) in [6.07, 6.45) is 3.05. The Hall–Kier alpha value is -3.20. The molecule has 0 aliphatic rings. The van der Waals surface area contributed by atoms with Crippen molar-refractivity contribution in [2.75, 3.05) is 0 Å². The highest BCUT2D eigenvalue weighted by Crippen LogP contribution is 2.42. The summed E-state index contributed by atoms with van der Waals surface area (Å²) in [5.74, 6) is 0.441. The molecule has 3 aromatic carbocycles. The Morgan fingerprint density at radius 1 is 0.941 bits per heavy atom. The molecule has 3 heterocycles. The summed E-state index contributed by atoms with van der Waals surface area (Å²) >= 11 is 0. The molecule has 0 unspecified atom stereocenters. The molecule has 0 saturated carbocycles. The molecule has 0 N–H and O–H groups in total. The monoisotopic (exact) mass is 448 g/mol. The van der Waals surface area contributed by atoms with Crippen molar-refractivity contribution in [1.82, 2.24) is 9.38 Å². The van der Waals surface area contributed by atoms with E-state index in [9.17, 15) is 0 Å². The van der Waals surface area contributed by atoms with Gasteiger partial charge in [-0.25, -0.2) is 4.57 Å². The van der Waals surface area contributed by atoms with Crippen LogP contribution in [-0.4, -0.2) is 9.38 Å². The summed E-state index contributed by atoms with van der Waals surface area (Å²) in [6, 6.07) is 14.2. The highest BCUT2D eigenvalue weighted by atomic mass is 15.0. The minimum Gasteiger partial charge on any atom is -0.308 e. The highest BCUT2D eigenvalue weighted by molar-refractivity contribution is 6.25. The number of nitrogens with zero attached hydrogens (tertiary/aromatic N) is 3. The molecule has 172 valence electrons. The Kier molecular flexibility index (Phi) is 4.34. The first-order chi connectivity index (χ1) is 16.0. The smallest absolute Gasteiger partial charge is 0.287 e. The lowest BCUT2D eigenvalue weighted by atomic mass is 9.87. The third-order valence-electron chi connectivity index (χ3n) is 7.59. The molecular formula is C31H34N3+. The van der Waals surface area contributed by atoms with Gasteiger partial charge in [-0.1, -0.05) is 40.7 Å². The van der Waals surface area contributed by atoms with Gasteiger partial charge in [-0.2, -0.15) is 0 Å². The van der Waals surface area contributed by atoms with Crippen LogP contribution in [0.3, 0.4) is 0 Å². The number of fused-ring (bicyclic) bond motifs is 5. The van der Waals surface area contributed by atoms with Gasteiger partial charge in [0.25, 0.3) is 6.33 Å². The lowest BCUT2D eigenvalue weighted by Gasteiger charge is -2.18. The van der Waals surface area contributed by atoms with Gasteiger partial charge in [-0.15, -0.1) is 0 Å². The van der Waals surface area contributed by atoms with Gasteiger partial charge in [0.05, 0.1) is 34.4 Å². The highest BCUT2D eigenvalue weighted by Gasteiger charge is 2.25. The van der Waals surface area contributed by atoms with Crippen LogP contribution < -0.4 is 4.57 Å². The quantitative estimate of drug-likeness (QED) is 0.152. The lowest BCUT2D eigenvalue weighted by Crippen LogP contribution is -2.30. The van der Waals surface area contributed by atoms with Gasteiger partial charge in [0.2, 0.25) is 0 Å². The summed E-state index contributed by atoms with van der Waals surface area (Å²) in [5, 5.41) is 5.32. The van der Waals surface area contributed by atoms with Crippen molar-refractivity contribution in [3.8, 4) is 0 Å². The third kappa shape index (κ3) is 2.89. The zero-order valence-corrected chi connectivity index (χ0v) is 21.7. The van der Waals surface area contributed by atoms with E-state index < -0.39 is 0 Å². The van der Waals surface area contributed by atoms with Gasteiger partial charge < -0.3 is 4.40 Å². The number of hydrogen-bond acceptors (Lipinski definition) is 1. The van der Waals surface area contributed by atoms with Crippen LogP contribution in [0.2, 0.25) is 0 Å². The van der Waals surface area contributed by atoms with Crippen LogP contribution in [0.5, 0.6) is 0 Å². The van der Waals surface area contributed by atoms with E-state index in [1.54, 1.807) is 0 Å². The van der Waals surface area contributed by atoms with E-state index in [1.165, 1.54) is 65.9 Å². The summed E-state index contributed by atoms with van der Waals surface area (Å²) in [6.45, 7) is 16.0. The number of aryl methyl sites for hydroxylation is 3. The Morgan fingerprint density at radius 3 is 2.41 bits per heavy atom. The second-order valence-corrected chi connectivity index (χ2v) is 11.8. The van der Waals surface area contributed by atoms with Crippen LogP contribution in [0.1, 0.15) is 62.8 Å². The Bertz CT molecular complexity index is 1760. The van der Waals surface area contributed by atoms with E-state index in [-0.39, 0.29) is 5.41 Å². The fourth-order valence-electron chi connectivity index (χ4n) is 5.89. The molecule has 3 nitrogen and oxygen atoms in total. The first-order valence-corrected chi connectivity index (χ1v) is 12.5. The molecule has 34 heavy (non-hydrogen) atoms. The van der Waals surface area contributed by atoms with Crippen molar-refractivity contribution in [2.45, 2.75) is 60.8 Å². The maximum Gasteiger partial charge on any atom is 0.287 e. The standard InChI is InChI=1S/C31H34N3/c1-17(2)21-13-24-28-26(14-21)34-25-10-9-20(15-31(5,6)7)12-22(25)23-11-18(3)19(4)27(29(23)34)30(28)33(8)16-32-24/h9-14,16-17H,15H2,1-8H3/q+1. The predicted octanol–water partition coefficient (Wildman–Crippen LogP) is 7.54. The van der Waals surface area contributed by atoms with Gasteiger partial charge in [0.1, 0.15) is 5.52 Å². The molecule has 0 fully saturated rings. The first kappa shape index (κ1) is 21.3. The Labute approximate surface area is 201 Å². The number of pyridine rings is 1. The SMILES string of the molecule is Cc1cc2c3cc(CC(C)(C)C)ccc3n3c4cc(C(C)C)cc5nc[n+](C)c(c(c1C)c23)c54. The molecule has 0 atom stereocenters. The van der Waals surface area contributed by atoms with Crippen molar-refractivity contribution >= 4 is 49.1 Å². The third-order valence-corrected chi connectivity index (χ3v) is 7.59. The zero-order chi connectivity index (χ0) is 24.1. The number of aromatic nitrogens is 3. The number of benzene rings is 3. The van der Waals surface area contributed by atoms with Crippen molar-refractivity contribution < 1.29 is 4.57 Å². The molecular weight excluding hydrogens is 414 g/mol. The molecule has 0 saturated heterocycles. The van der Waals surface area contributed by atoms with Crippen molar-refractivity contribution in [2.24, 2.45) is 12.5 Å². The van der Waals surface area contributed by atoms with Crippen LogP contribution in [0.15, 0.2) is 42.7 Å². The molecule has 0 radical (unpaired) electrons. The Balaban J connectivity index is 1.93. The molecule has 6 rings (SSSR count). The molecule has 0 amide bonds. The fourth-order valence-corrected chi connectivity index (χ4v) is 5.89. The second kappa shape index (κ2) is 6.91. The molecule has 0 aliphatic heterocycles. The predicted molar refractivity (Wildman–Crippen MR) is 144 cm³/mol. The summed E-state index contributed by atoms with van der Waals surface area (Å²) in [4.78, 5) is 4.88. The molecule has 0 aliphatic carbocycles. The summed E-state index contributed by atoms with van der Waals surface area (Å²) in [7, 11) is 2.13. The van der Waals surface area contributed by atoms with Gasteiger partial charge in [0.15, 0.2) is 5.52 Å². The van der Waals surface area contributed by atoms with E-state index in [2.05, 4.69) is 101 Å². The fraction of sp³-hybridized carbons (Fsp3) is 0.355. The summed E-state index contributed by atoms with van der Waals surface area (Å²) < 4.78 is 4.74.